The number of hydrogen-bond acceptors (Lipinski definition) is 4. The summed E-state index contributed by atoms with van der Waals surface area (Å²) in [7, 11) is 0. The number of aromatic nitrogens is 3. The quantitative estimate of drug-likeness (QED) is 0.685. The largest absolute Gasteiger partial charge is 0.381 e. The van der Waals surface area contributed by atoms with Crippen molar-refractivity contribution in [1.82, 2.24) is 15.0 Å². The molecule has 3 aromatic rings. The van der Waals surface area contributed by atoms with Crippen molar-refractivity contribution >= 4 is 28.3 Å². The highest BCUT2D eigenvalue weighted by molar-refractivity contribution is 6.35. The van der Waals surface area contributed by atoms with Gasteiger partial charge in [0, 0.05) is 37.4 Å². The fraction of sp³-hybridized carbons (Fsp3) is 0.368. The molecule has 7 heteroatoms. The lowest BCUT2D eigenvalue weighted by Gasteiger charge is -2.53. The zero-order chi connectivity index (χ0) is 17.7. The van der Waals surface area contributed by atoms with Gasteiger partial charge < -0.3 is 9.64 Å². The lowest BCUT2D eigenvalue weighted by atomic mass is 9.73. The van der Waals surface area contributed by atoms with Crippen LogP contribution < -0.4 is 4.90 Å². The van der Waals surface area contributed by atoms with Gasteiger partial charge in [-0.2, -0.15) is 0 Å². The first kappa shape index (κ1) is 16.0. The summed E-state index contributed by atoms with van der Waals surface area (Å²) < 4.78 is 20.7. The predicted molar refractivity (Wildman–Crippen MR) is 98.5 cm³/mol. The summed E-state index contributed by atoms with van der Waals surface area (Å²) in [5.41, 5.74) is 3.59. The fourth-order valence-corrected chi connectivity index (χ4v) is 4.19. The van der Waals surface area contributed by atoms with E-state index < -0.39 is 5.82 Å². The van der Waals surface area contributed by atoms with Crippen LogP contribution in [-0.4, -0.2) is 41.3 Å². The van der Waals surface area contributed by atoms with Crippen molar-refractivity contribution in [2.45, 2.75) is 12.8 Å². The molecule has 2 aliphatic rings. The topological polar surface area (TPSA) is 43.2 Å². The second-order valence-corrected chi connectivity index (χ2v) is 7.59. The molecule has 0 aliphatic carbocycles. The number of hydrogen-bond donors (Lipinski definition) is 0. The molecule has 5 nitrogen and oxygen atoms in total. The van der Waals surface area contributed by atoms with Gasteiger partial charge in [-0.3, -0.25) is 0 Å². The molecule has 5 rings (SSSR count). The zero-order valence-electron chi connectivity index (χ0n) is 14.2. The van der Waals surface area contributed by atoms with E-state index >= 15 is 0 Å². The van der Waals surface area contributed by atoms with Crippen molar-refractivity contribution in [2.75, 3.05) is 31.2 Å². The van der Waals surface area contributed by atoms with Crippen molar-refractivity contribution in [2.24, 2.45) is 5.41 Å². The molecule has 2 aliphatic heterocycles. The van der Waals surface area contributed by atoms with Crippen molar-refractivity contribution in [3.05, 3.63) is 47.2 Å². The summed E-state index contributed by atoms with van der Waals surface area (Å²) in [5, 5.41) is 8.16. The van der Waals surface area contributed by atoms with E-state index in [1.54, 1.807) is 10.7 Å². The van der Waals surface area contributed by atoms with Gasteiger partial charge in [-0.25, -0.2) is 9.07 Å². The first-order chi connectivity index (χ1) is 12.7. The number of halogens is 2. The van der Waals surface area contributed by atoms with Crippen LogP contribution >= 0.6 is 11.6 Å². The smallest absolute Gasteiger partial charge is 0.144 e. The summed E-state index contributed by atoms with van der Waals surface area (Å²) in [6.45, 7) is 3.96. The minimum atomic E-state index is -0.485. The molecule has 2 saturated heterocycles. The summed E-state index contributed by atoms with van der Waals surface area (Å²) in [6.07, 6.45) is 2.31. The Kier molecular flexibility index (Phi) is 3.65. The van der Waals surface area contributed by atoms with Crippen LogP contribution in [0, 0.1) is 11.2 Å². The van der Waals surface area contributed by atoms with Crippen LogP contribution in [-0.2, 0) is 4.74 Å². The highest BCUT2D eigenvalue weighted by atomic mass is 35.5. The van der Waals surface area contributed by atoms with E-state index in [2.05, 4.69) is 27.3 Å². The molecule has 0 amide bonds. The summed E-state index contributed by atoms with van der Waals surface area (Å²) in [6, 6.07) is 11.2. The molecule has 0 radical (unpaired) electrons. The van der Waals surface area contributed by atoms with E-state index in [0.717, 1.165) is 44.8 Å². The molecular weight excluding hydrogens is 355 g/mol. The van der Waals surface area contributed by atoms with E-state index in [4.69, 9.17) is 16.3 Å². The first-order valence-electron chi connectivity index (χ1n) is 8.78. The Labute approximate surface area is 155 Å². The van der Waals surface area contributed by atoms with Gasteiger partial charge in [0.15, 0.2) is 0 Å². The number of fused-ring (bicyclic) bond motifs is 1. The van der Waals surface area contributed by atoms with E-state index in [0.29, 0.717) is 16.4 Å². The van der Waals surface area contributed by atoms with Crippen LogP contribution in [0.2, 0.25) is 5.02 Å². The third kappa shape index (κ3) is 2.47. The Morgan fingerprint density at radius 3 is 2.42 bits per heavy atom. The van der Waals surface area contributed by atoms with Gasteiger partial charge in [-0.1, -0.05) is 16.8 Å². The summed E-state index contributed by atoms with van der Waals surface area (Å²) >= 11 is 5.98. The van der Waals surface area contributed by atoms with Gasteiger partial charge in [0.1, 0.15) is 16.4 Å². The summed E-state index contributed by atoms with van der Waals surface area (Å²) in [4.78, 5) is 2.40. The van der Waals surface area contributed by atoms with Gasteiger partial charge in [0.2, 0.25) is 0 Å². The highest BCUT2D eigenvalue weighted by Crippen LogP contribution is 2.42. The fourth-order valence-electron chi connectivity index (χ4n) is 4.00. The number of nitrogens with zero attached hydrogens (tertiary/aromatic N) is 4. The minimum absolute atomic E-state index is 0.00714. The maximum absolute atomic E-state index is 13.6. The van der Waals surface area contributed by atoms with Gasteiger partial charge >= 0.3 is 0 Å². The van der Waals surface area contributed by atoms with Crippen molar-refractivity contribution in [3.63, 3.8) is 0 Å². The van der Waals surface area contributed by atoms with E-state index in [1.807, 2.05) is 12.1 Å². The Morgan fingerprint density at radius 1 is 1.00 bits per heavy atom. The summed E-state index contributed by atoms with van der Waals surface area (Å²) in [5.74, 6) is -0.485. The molecule has 2 fully saturated rings. The molecule has 1 aromatic heterocycles. The van der Waals surface area contributed by atoms with Crippen molar-refractivity contribution in [3.8, 4) is 5.69 Å². The number of anilines is 1. The maximum Gasteiger partial charge on any atom is 0.144 e. The zero-order valence-corrected chi connectivity index (χ0v) is 14.9. The monoisotopic (exact) mass is 372 g/mol. The SMILES string of the molecule is Fc1ccc2c(nnn2-c2ccc(N3CC4(CCOCC4)C3)cc2)c1Cl. The number of rotatable bonds is 2. The molecule has 26 heavy (non-hydrogen) atoms. The number of benzene rings is 2. The Balaban J connectivity index is 1.38. The molecule has 2 aromatic carbocycles. The van der Waals surface area contributed by atoms with Gasteiger partial charge in [-0.05, 0) is 49.2 Å². The Hall–Kier alpha value is -2.18. The molecule has 134 valence electrons. The van der Waals surface area contributed by atoms with Crippen LogP contribution in [0.5, 0.6) is 0 Å². The molecule has 0 bridgehead atoms. The van der Waals surface area contributed by atoms with Gasteiger partial charge in [0.05, 0.1) is 11.2 Å². The molecule has 1 spiro atoms. The molecular formula is C19H18ClFN4O. The van der Waals surface area contributed by atoms with Crippen LogP contribution in [0.3, 0.4) is 0 Å². The van der Waals surface area contributed by atoms with Crippen LogP contribution in [0.25, 0.3) is 16.7 Å². The van der Waals surface area contributed by atoms with E-state index in [9.17, 15) is 4.39 Å². The second-order valence-electron chi connectivity index (χ2n) is 7.22. The highest BCUT2D eigenvalue weighted by Gasteiger charge is 2.43. The average molecular weight is 373 g/mol. The minimum Gasteiger partial charge on any atom is -0.381 e. The second kappa shape index (κ2) is 5.93. The third-order valence-corrected chi connectivity index (χ3v) is 5.94. The Bertz CT molecular complexity index is 958. The Morgan fingerprint density at radius 2 is 1.69 bits per heavy atom. The van der Waals surface area contributed by atoms with Crippen molar-refractivity contribution < 1.29 is 9.13 Å². The van der Waals surface area contributed by atoms with Crippen molar-refractivity contribution in [1.29, 1.82) is 0 Å². The third-order valence-electron chi connectivity index (χ3n) is 5.58. The van der Waals surface area contributed by atoms with E-state index in [-0.39, 0.29) is 5.02 Å². The average Bonchev–Trinajstić information content (AvgIpc) is 3.08. The number of ether oxygens (including phenoxy) is 1. The lowest BCUT2D eigenvalue weighted by molar-refractivity contribution is -0.000190. The van der Waals surface area contributed by atoms with Crippen LogP contribution in [0.4, 0.5) is 10.1 Å². The van der Waals surface area contributed by atoms with Crippen LogP contribution in [0.15, 0.2) is 36.4 Å². The van der Waals surface area contributed by atoms with Crippen LogP contribution in [0.1, 0.15) is 12.8 Å². The maximum atomic E-state index is 13.6. The molecule has 0 N–H and O–H groups in total. The van der Waals surface area contributed by atoms with Gasteiger partial charge in [0.25, 0.3) is 0 Å². The first-order valence-corrected chi connectivity index (χ1v) is 9.16. The molecule has 0 saturated carbocycles. The lowest BCUT2D eigenvalue weighted by Crippen LogP contribution is -2.58. The van der Waals surface area contributed by atoms with Gasteiger partial charge in [-0.15, -0.1) is 5.10 Å². The molecule has 0 atom stereocenters. The predicted octanol–water partition coefficient (Wildman–Crippen LogP) is 3.83. The standard InChI is InChI=1S/C19H18ClFN4O/c20-17-15(21)5-6-16-18(17)22-23-25(16)14-3-1-13(2-4-14)24-11-19(12-24)7-9-26-10-8-19/h1-6H,7-12H2. The van der Waals surface area contributed by atoms with E-state index in [1.165, 1.54) is 11.8 Å². The normalized spacial score (nSPS) is 19.1. The molecule has 3 heterocycles. The molecule has 0 unspecified atom stereocenters.